The van der Waals surface area contributed by atoms with Crippen LogP contribution in [0.4, 0.5) is 0 Å². The van der Waals surface area contributed by atoms with Gasteiger partial charge in [0.05, 0.1) is 31.3 Å². The van der Waals surface area contributed by atoms with Gasteiger partial charge < -0.3 is 33.9 Å². The van der Waals surface area contributed by atoms with Crippen LogP contribution in [0, 0.1) is 27.7 Å². The number of Topliss-reactive ketones (excluding diaryl/α,β-unsaturated/α-hetero) is 1. The number of carbonyl (C=O) groups excluding carboxylic acids is 8. The highest BCUT2D eigenvalue weighted by Gasteiger charge is 2.46. The van der Waals surface area contributed by atoms with E-state index in [1.54, 1.807) is 31.3 Å². The molecule has 2 saturated heterocycles. The van der Waals surface area contributed by atoms with Gasteiger partial charge in [-0.15, -0.1) is 0 Å². The number of nitrogens with one attached hydrogen (secondary N) is 2. The van der Waals surface area contributed by atoms with Gasteiger partial charge in [-0.25, -0.2) is 4.79 Å². The summed E-state index contributed by atoms with van der Waals surface area (Å²) in [6, 6.07) is 27.9. The van der Waals surface area contributed by atoms with Crippen LogP contribution in [0.3, 0.4) is 0 Å². The number of ether oxygens (including phenoxy) is 5. The zero-order chi connectivity index (χ0) is 57.6. The molecule has 80 heavy (non-hydrogen) atoms. The minimum atomic E-state index is -1.05. The van der Waals surface area contributed by atoms with Crippen molar-refractivity contribution >= 4 is 47.2 Å². The number of rotatable bonds is 21. The molecule has 0 radical (unpaired) electrons. The van der Waals surface area contributed by atoms with E-state index in [4.69, 9.17) is 23.7 Å². The number of ketones is 1. The number of piperidine rings is 2. The van der Waals surface area contributed by atoms with E-state index in [-0.39, 0.29) is 67.0 Å². The highest BCUT2D eigenvalue weighted by molar-refractivity contribution is 6.24. The fraction of sp³-hybridized carbons (Fsp3) is 0.397. The molecule has 17 heteroatoms. The first-order chi connectivity index (χ1) is 38.4. The highest BCUT2D eigenvalue weighted by atomic mass is 16.5. The summed E-state index contributed by atoms with van der Waals surface area (Å²) in [5.41, 5.74) is 8.10. The molecule has 0 saturated carbocycles. The lowest BCUT2D eigenvalue weighted by molar-refractivity contribution is -0.162. The molecule has 3 heterocycles. The van der Waals surface area contributed by atoms with Gasteiger partial charge >= 0.3 is 5.97 Å². The van der Waals surface area contributed by atoms with Crippen molar-refractivity contribution in [2.45, 2.75) is 123 Å². The number of methoxy groups -OCH3 is 2. The first-order valence-corrected chi connectivity index (χ1v) is 27.3. The second-order valence-corrected chi connectivity index (χ2v) is 20.4. The monoisotopic (exact) mass is 1090 g/mol. The first kappa shape index (κ1) is 59.3. The van der Waals surface area contributed by atoms with Gasteiger partial charge in [-0.2, -0.15) is 0 Å². The van der Waals surface area contributed by atoms with Gasteiger partial charge in [0.1, 0.15) is 36.3 Å². The third-order valence-corrected chi connectivity index (χ3v) is 14.7. The van der Waals surface area contributed by atoms with Crippen molar-refractivity contribution in [1.82, 2.24) is 20.4 Å². The number of aryl methyl sites for hydroxylation is 5. The summed E-state index contributed by atoms with van der Waals surface area (Å²) in [7, 11) is 3.18. The Kier molecular flexibility index (Phi) is 20.4. The van der Waals surface area contributed by atoms with E-state index in [9.17, 15) is 38.4 Å². The molecule has 0 bridgehead atoms. The number of amides is 6. The molecule has 2 N–H and O–H groups in total. The minimum Gasteiger partial charge on any atom is -0.493 e. The van der Waals surface area contributed by atoms with E-state index >= 15 is 0 Å². The van der Waals surface area contributed by atoms with Crippen LogP contribution >= 0.6 is 0 Å². The lowest BCUT2D eigenvalue weighted by Crippen LogP contribution is -2.54. The van der Waals surface area contributed by atoms with Crippen LogP contribution in [0.15, 0.2) is 97.1 Å². The Morgan fingerprint density at radius 2 is 1.50 bits per heavy atom. The predicted molar refractivity (Wildman–Crippen MR) is 299 cm³/mol. The molecule has 0 aliphatic carbocycles. The number of fused-ring (bicyclic) bond motifs is 1. The number of likely N-dealkylation sites (N-methyl/N-ethyl adjacent to an activating group) is 1. The Labute approximate surface area is 467 Å². The van der Waals surface area contributed by atoms with Crippen molar-refractivity contribution in [2.24, 2.45) is 0 Å². The minimum absolute atomic E-state index is 0.0283. The van der Waals surface area contributed by atoms with E-state index in [1.165, 1.54) is 23.3 Å². The number of carbonyl (C=O) groups is 8. The summed E-state index contributed by atoms with van der Waals surface area (Å²) in [5, 5.41) is 4.89. The molecule has 422 valence electrons. The van der Waals surface area contributed by atoms with Crippen LogP contribution in [-0.4, -0.2) is 110 Å². The van der Waals surface area contributed by atoms with Gasteiger partial charge in [-0.1, -0.05) is 79.2 Å². The maximum Gasteiger partial charge on any atom is 0.329 e. The summed E-state index contributed by atoms with van der Waals surface area (Å²) in [6.45, 7) is 12.5. The quantitative estimate of drug-likeness (QED) is 0.0522. The van der Waals surface area contributed by atoms with E-state index in [0.29, 0.717) is 56.0 Å². The molecular formula is C63H72N4O13. The number of imide groups is 2. The largest absolute Gasteiger partial charge is 0.493 e. The Hall–Kier alpha value is -8.34. The van der Waals surface area contributed by atoms with Crippen LogP contribution < -0.4 is 29.6 Å². The average Bonchev–Trinajstić information content (AvgIpc) is 3.74. The molecule has 5 aromatic rings. The summed E-state index contributed by atoms with van der Waals surface area (Å²) in [4.78, 5) is 105. The second kappa shape index (κ2) is 27.5. The number of benzene rings is 5. The van der Waals surface area contributed by atoms with Crippen molar-refractivity contribution in [3.8, 4) is 23.0 Å². The zero-order valence-electron chi connectivity index (χ0n) is 46.9. The van der Waals surface area contributed by atoms with Crippen LogP contribution in [0.1, 0.15) is 136 Å². The van der Waals surface area contributed by atoms with Crippen molar-refractivity contribution in [1.29, 1.82) is 0 Å². The third-order valence-electron chi connectivity index (χ3n) is 14.7. The lowest BCUT2D eigenvalue weighted by atomic mass is 9.91. The smallest absolute Gasteiger partial charge is 0.329 e. The molecule has 4 atom stereocenters. The number of hydrogen-bond acceptors (Lipinski definition) is 13. The van der Waals surface area contributed by atoms with E-state index < -0.39 is 53.7 Å². The second-order valence-electron chi connectivity index (χ2n) is 20.4. The number of likely N-dealkylation sites (tertiary alicyclic amines) is 1. The van der Waals surface area contributed by atoms with Crippen molar-refractivity contribution in [3.05, 3.63) is 153 Å². The molecule has 2 unspecified atom stereocenters. The van der Waals surface area contributed by atoms with E-state index in [1.807, 2.05) is 82.3 Å². The maximum absolute atomic E-state index is 14.3. The van der Waals surface area contributed by atoms with Crippen molar-refractivity contribution in [2.75, 3.05) is 40.5 Å². The molecule has 8 rings (SSSR count). The van der Waals surface area contributed by atoms with Gasteiger partial charge in [0.25, 0.3) is 17.7 Å². The first-order valence-electron chi connectivity index (χ1n) is 27.3. The summed E-state index contributed by atoms with van der Waals surface area (Å²) >= 11 is 0. The Morgan fingerprint density at radius 3 is 2.21 bits per heavy atom. The Bertz CT molecular complexity index is 3130. The van der Waals surface area contributed by atoms with Gasteiger partial charge in [0.15, 0.2) is 23.9 Å². The fourth-order valence-corrected chi connectivity index (χ4v) is 10.4. The molecular weight excluding hydrogens is 1020 g/mol. The van der Waals surface area contributed by atoms with Crippen molar-refractivity contribution < 1.29 is 62.0 Å². The molecule has 3 aliphatic rings. The Balaban J connectivity index is 0.000000255. The fourth-order valence-electron chi connectivity index (χ4n) is 10.4. The molecule has 0 spiro atoms. The normalized spacial score (nSPS) is 16.6. The molecule has 2 fully saturated rings. The number of hydrogen-bond donors (Lipinski definition) is 2. The number of esters is 1. The lowest BCUT2D eigenvalue weighted by Gasteiger charge is -2.37. The van der Waals surface area contributed by atoms with Crippen LogP contribution in [0.25, 0.3) is 0 Å². The SMILES string of the molecule is CCNC(=O)COc1cccc(C(CCc2ccc(C)c(C)c2)OC(=O)[C@@H]2CCCCN2C(=O)[C@@H](CC)c2cc(C)c(OC)c(OC)c2)c1.Cc1cccc(CC(=O)COc2cccc3c2C(=O)N(C2CCC(=O)NC2=O)C3=O)c1. The standard InChI is InChI=1S/C40H52N2O7.C23H20N2O6/c1-8-33(31-22-28(5)38(47-7)36(24-31)46-6)39(44)42-20-11-10-15-34(42)40(45)49-35(19-18-29-17-16-26(3)27(4)21-29)30-13-12-14-32(23-30)48-25-37(43)41-9-2;1-13-4-2-5-14(10-13)11-15(26)12-31-18-7-3-6-16-20(18)23(30)25(22(16)29)17-8-9-19(27)24-21(17)28/h12-14,16-17,21-24,33-35H,8-11,15,18-20,25H2,1-7H3,(H,41,43);2-7,10,17H,8-9,11-12H2,1H3,(H,24,27,28)/t33-,34-,35?;/m0./s1. The Morgan fingerprint density at radius 1 is 0.725 bits per heavy atom. The van der Waals surface area contributed by atoms with Crippen LogP contribution in [0.2, 0.25) is 0 Å². The topological polar surface area (TPSA) is 213 Å². The van der Waals surface area contributed by atoms with Crippen molar-refractivity contribution in [3.63, 3.8) is 0 Å². The zero-order valence-corrected chi connectivity index (χ0v) is 46.9. The van der Waals surface area contributed by atoms with Crippen LogP contribution in [0.5, 0.6) is 23.0 Å². The van der Waals surface area contributed by atoms with Crippen LogP contribution in [-0.2, 0) is 46.3 Å². The molecule has 0 aromatic heterocycles. The maximum atomic E-state index is 14.3. The van der Waals surface area contributed by atoms with Gasteiger partial charge in [-0.3, -0.25) is 43.8 Å². The number of nitrogens with zero attached hydrogens (tertiary/aromatic N) is 2. The molecule has 3 aliphatic heterocycles. The van der Waals surface area contributed by atoms with E-state index in [2.05, 4.69) is 42.7 Å². The van der Waals surface area contributed by atoms with Gasteiger partial charge in [0, 0.05) is 25.9 Å². The van der Waals surface area contributed by atoms with Gasteiger partial charge in [0.2, 0.25) is 17.7 Å². The van der Waals surface area contributed by atoms with Gasteiger partial charge in [-0.05, 0) is 149 Å². The third kappa shape index (κ3) is 14.5. The molecule has 5 aromatic carbocycles. The average molecular weight is 1090 g/mol. The van der Waals surface area contributed by atoms with E-state index in [0.717, 1.165) is 51.1 Å². The summed E-state index contributed by atoms with van der Waals surface area (Å²) in [5.74, 6) is -1.91. The predicted octanol–water partition coefficient (Wildman–Crippen LogP) is 8.52. The summed E-state index contributed by atoms with van der Waals surface area (Å²) < 4.78 is 28.8. The molecule has 6 amide bonds. The summed E-state index contributed by atoms with van der Waals surface area (Å²) in [6.07, 6.45) is 3.68. The highest BCUT2D eigenvalue weighted by Crippen LogP contribution is 2.38. The molecule has 17 nitrogen and oxygen atoms in total.